The Morgan fingerprint density at radius 3 is 3.00 bits per heavy atom. The maximum atomic E-state index is 5.50. The van der Waals surface area contributed by atoms with E-state index in [1.165, 1.54) is 0 Å². The van der Waals surface area contributed by atoms with E-state index in [9.17, 15) is 0 Å². The van der Waals surface area contributed by atoms with E-state index in [2.05, 4.69) is 25.9 Å². The fourth-order valence-corrected chi connectivity index (χ4v) is 1.63. The monoisotopic (exact) mass is 225 g/mol. The number of H-pyrrole nitrogens is 1. The van der Waals surface area contributed by atoms with Crippen LogP contribution in [0.25, 0.3) is 10.9 Å². The van der Waals surface area contributed by atoms with E-state index in [-0.39, 0.29) is 0 Å². The quantitative estimate of drug-likeness (QED) is 0.778. The molecule has 0 saturated carbocycles. The Kier molecular flexibility index (Phi) is 1.86. The molecule has 0 spiro atoms. The summed E-state index contributed by atoms with van der Waals surface area (Å²) in [7, 11) is 0. The number of rotatable bonds is 1. The highest BCUT2D eigenvalue weighted by molar-refractivity contribution is 9.10. The molecule has 0 bridgehead atoms. The van der Waals surface area contributed by atoms with Crippen LogP contribution >= 0.6 is 15.9 Å². The first kappa shape index (κ1) is 7.76. The van der Waals surface area contributed by atoms with Crippen molar-refractivity contribution in [2.24, 2.45) is 5.73 Å². The van der Waals surface area contributed by atoms with Crippen molar-refractivity contribution in [1.82, 2.24) is 9.97 Å². The predicted octanol–water partition coefficient (Wildman–Crippen LogP) is 1.78. The van der Waals surface area contributed by atoms with E-state index < -0.39 is 0 Å². The van der Waals surface area contributed by atoms with Gasteiger partial charge in [0.2, 0.25) is 0 Å². The van der Waals surface area contributed by atoms with E-state index in [1.807, 2.05) is 6.07 Å². The van der Waals surface area contributed by atoms with Gasteiger partial charge in [0.1, 0.15) is 0 Å². The van der Waals surface area contributed by atoms with Gasteiger partial charge in [-0.25, -0.2) is 0 Å². The highest BCUT2D eigenvalue weighted by atomic mass is 79.9. The van der Waals surface area contributed by atoms with Crippen LogP contribution < -0.4 is 5.73 Å². The number of aromatic nitrogens is 2. The lowest BCUT2D eigenvalue weighted by Gasteiger charge is -1.89. The van der Waals surface area contributed by atoms with Crippen molar-refractivity contribution < 1.29 is 0 Å². The third kappa shape index (κ3) is 1.13. The summed E-state index contributed by atoms with van der Waals surface area (Å²) in [6.45, 7) is 0.529. The van der Waals surface area contributed by atoms with Crippen LogP contribution in [-0.2, 0) is 6.54 Å². The van der Waals surface area contributed by atoms with E-state index >= 15 is 0 Å². The van der Waals surface area contributed by atoms with Gasteiger partial charge in [0.25, 0.3) is 0 Å². The summed E-state index contributed by atoms with van der Waals surface area (Å²) in [4.78, 5) is 7.21. The smallest absolute Gasteiger partial charge is 0.0654 e. The lowest BCUT2D eigenvalue weighted by Crippen LogP contribution is -1.94. The van der Waals surface area contributed by atoms with Crippen LogP contribution in [-0.4, -0.2) is 9.97 Å². The molecule has 2 rings (SSSR count). The van der Waals surface area contributed by atoms with Gasteiger partial charge in [-0.05, 0) is 22.0 Å². The summed E-state index contributed by atoms with van der Waals surface area (Å²) in [6, 6.07) is 2.03. The number of nitrogens with zero attached hydrogens (tertiary/aromatic N) is 1. The normalized spacial score (nSPS) is 10.8. The summed E-state index contributed by atoms with van der Waals surface area (Å²) >= 11 is 3.42. The fourth-order valence-electron chi connectivity index (χ4n) is 1.18. The van der Waals surface area contributed by atoms with Gasteiger partial charge in [-0.1, -0.05) is 0 Å². The van der Waals surface area contributed by atoms with Gasteiger partial charge < -0.3 is 10.7 Å². The molecule has 4 heteroatoms. The SMILES string of the molecule is NCc1cc2c(Br)cncc2[nH]1. The van der Waals surface area contributed by atoms with Crippen molar-refractivity contribution in [2.45, 2.75) is 6.54 Å². The molecule has 0 radical (unpaired) electrons. The first-order valence-electron chi connectivity index (χ1n) is 3.62. The maximum absolute atomic E-state index is 5.50. The molecule has 0 amide bonds. The van der Waals surface area contributed by atoms with Crippen LogP contribution in [0, 0.1) is 0 Å². The van der Waals surface area contributed by atoms with Crippen molar-refractivity contribution in [3.63, 3.8) is 0 Å². The largest absolute Gasteiger partial charge is 0.356 e. The Bertz CT molecular complexity index is 408. The van der Waals surface area contributed by atoms with Crippen molar-refractivity contribution in [3.8, 4) is 0 Å². The van der Waals surface area contributed by atoms with Crippen molar-refractivity contribution in [2.75, 3.05) is 0 Å². The number of aromatic amines is 1. The van der Waals surface area contributed by atoms with E-state index in [4.69, 9.17) is 5.73 Å². The van der Waals surface area contributed by atoms with Gasteiger partial charge in [0.15, 0.2) is 0 Å². The number of nitrogens with two attached hydrogens (primary N) is 1. The molecule has 3 nitrogen and oxygen atoms in total. The Morgan fingerprint density at radius 2 is 2.33 bits per heavy atom. The Morgan fingerprint density at radius 1 is 1.50 bits per heavy atom. The van der Waals surface area contributed by atoms with Crippen molar-refractivity contribution >= 4 is 26.8 Å². The minimum Gasteiger partial charge on any atom is -0.356 e. The minimum absolute atomic E-state index is 0.529. The lowest BCUT2D eigenvalue weighted by molar-refractivity contribution is 1.02. The molecular weight excluding hydrogens is 218 g/mol. The zero-order valence-corrected chi connectivity index (χ0v) is 7.93. The molecule has 12 heavy (non-hydrogen) atoms. The Labute approximate surface area is 78.1 Å². The molecule has 2 heterocycles. The molecule has 2 aromatic rings. The highest BCUT2D eigenvalue weighted by Gasteiger charge is 2.01. The molecule has 2 aromatic heterocycles. The predicted molar refractivity (Wildman–Crippen MR) is 51.7 cm³/mol. The average Bonchev–Trinajstić information content (AvgIpc) is 2.49. The topological polar surface area (TPSA) is 54.7 Å². The van der Waals surface area contributed by atoms with Crippen LogP contribution in [0.2, 0.25) is 0 Å². The molecule has 0 aromatic carbocycles. The molecule has 0 aliphatic rings. The summed E-state index contributed by atoms with van der Waals surface area (Å²) in [6.07, 6.45) is 3.57. The molecule has 0 atom stereocenters. The first-order valence-corrected chi connectivity index (χ1v) is 4.41. The van der Waals surface area contributed by atoms with Crippen LogP contribution in [0.5, 0.6) is 0 Å². The Balaban J connectivity index is 2.74. The van der Waals surface area contributed by atoms with Gasteiger partial charge >= 0.3 is 0 Å². The second-order valence-electron chi connectivity index (χ2n) is 2.58. The van der Waals surface area contributed by atoms with Crippen LogP contribution in [0.3, 0.4) is 0 Å². The fraction of sp³-hybridized carbons (Fsp3) is 0.125. The van der Waals surface area contributed by atoms with Crippen LogP contribution in [0.15, 0.2) is 22.9 Å². The number of hydrogen-bond donors (Lipinski definition) is 2. The summed E-state index contributed by atoms with van der Waals surface area (Å²) in [5.41, 5.74) is 7.54. The second-order valence-corrected chi connectivity index (χ2v) is 3.44. The van der Waals surface area contributed by atoms with Gasteiger partial charge in [0.05, 0.1) is 11.7 Å². The molecule has 0 aliphatic heterocycles. The number of nitrogens with one attached hydrogen (secondary N) is 1. The van der Waals surface area contributed by atoms with Gasteiger partial charge in [-0.3, -0.25) is 4.98 Å². The zero-order valence-electron chi connectivity index (χ0n) is 6.34. The summed E-state index contributed by atoms with van der Waals surface area (Å²) in [5.74, 6) is 0. The third-order valence-corrected chi connectivity index (χ3v) is 2.40. The summed E-state index contributed by atoms with van der Waals surface area (Å²) < 4.78 is 0.996. The van der Waals surface area contributed by atoms with E-state index in [0.717, 1.165) is 21.1 Å². The molecule has 0 unspecified atom stereocenters. The summed E-state index contributed by atoms with van der Waals surface area (Å²) in [5, 5.41) is 1.13. The van der Waals surface area contributed by atoms with E-state index in [0.29, 0.717) is 6.54 Å². The van der Waals surface area contributed by atoms with Gasteiger partial charge in [0, 0.05) is 28.3 Å². The maximum Gasteiger partial charge on any atom is 0.0654 e. The number of pyridine rings is 1. The van der Waals surface area contributed by atoms with E-state index in [1.54, 1.807) is 12.4 Å². The zero-order chi connectivity index (χ0) is 8.55. The highest BCUT2D eigenvalue weighted by Crippen LogP contribution is 2.22. The molecule has 3 N–H and O–H groups in total. The molecule has 0 saturated heterocycles. The number of hydrogen-bond acceptors (Lipinski definition) is 2. The molecule has 0 aliphatic carbocycles. The first-order chi connectivity index (χ1) is 5.81. The molecule has 62 valence electrons. The third-order valence-electron chi connectivity index (χ3n) is 1.77. The van der Waals surface area contributed by atoms with Gasteiger partial charge in [-0.15, -0.1) is 0 Å². The Hall–Kier alpha value is -0.870. The number of fused-ring (bicyclic) bond motifs is 1. The second kappa shape index (κ2) is 2.88. The number of halogens is 1. The van der Waals surface area contributed by atoms with Crippen molar-refractivity contribution in [3.05, 3.63) is 28.6 Å². The van der Waals surface area contributed by atoms with Crippen LogP contribution in [0.4, 0.5) is 0 Å². The van der Waals surface area contributed by atoms with Gasteiger partial charge in [-0.2, -0.15) is 0 Å². The molecule has 0 fully saturated rings. The van der Waals surface area contributed by atoms with Crippen LogP contribution in [0.1, 0.15) is 5.69 Å². The molecular formula is C8H8BrN3. The lowest BCUT2D eigenvalue weighted by atomic mass is 10.3. The standard InChI is InChI=1S/C8H8BrN3/c9-7-3-11-4-8-6(7)1-5(2-10)12-8/h1,3-4,12H,2,10H2. The minimum atomic E-state index is 0.529. The average molecular weight is 226 g/mol. The van der Waals surface area contributed by atoms with Crippen molar-refractivity contribution in [1.29, 1.82) is 0 Å².